The highest BCUT2D eigenvalue weighted by atomic mass is 15.3. The number of nitrogens with zero attached hydrogens (tertiary/aromatic N) is 2. The van der Waals surface area contributed by atoms with Crippen molar-refractivity contribution in [2.75, 3.05) is 32.7 Å². The Hall–Kier alpha value is -0.860. The minimum Gasteiger partial charge on any atom is -0.301 e. The van der Waals surface area contributed by atoms with E-state index in [-0.39, 0.29) is 0 Å². The number of likely N-dealkylation sites (N-methyl/N-ethyl adjacent to an activating group) is 1. The number of hydrogen-bond donors (Lipinski definition) is 0. The zero-order valence-corrected chi connectivity index (χ0v) is 9.45. The topological polar surface area (TPSA) is 6.48 Å². The predicted molar refractivity (Wildman–Crippen MR) is 62.7 cm³/mol. The second-order valence-corrected chi connectivity index (χ2v) is 4.12. The van der Waals surface area contributed by atoms with Crippen LogP contribution in [0.5, 0.6) is 0 Å². The van der Waals surface area contributed by atoms with E-state index in [4.69, 9.17) is 0 Å². The van der Waals surface area contributed by atoms with Gasteiger partial charge in [-0.3, -0.25) is 4.90 Å². The van der Waals surface area contributed by atoms with Gasteiger partial charge in [-0.05, 0) is 24.2 Å². The van der Waals surface area contributed by atoms with Crippen LogP contribution in [0.15, 0.2) is 24.3 Å². The van der Waals surface area contributed by atoms with Crippen LogP contribution < -0.4 is 0 Å². The summed E-state index contributed by atoms with van der Waals surface area (Å²) in [6, 6.07) is 11.4. The van der Waals surface area contributed by atoms with Gasteiger partial charge in [0.1, 0.15) is 0 Å². The van der Waals surface area contributed by atoms with Gasteiger partial charge in [0.05, 0.1) is 0 Å². The van der Waals surface area contributed by atoms with Crippen molar-refractivity contribution >= 4 is 0 Å². The van der Waals surface area contributed by atoms with E-state index in [0.717, 1.165) is 6.54 Å². The summed E-state index contributed by atoms with van der Waals surface area (Å²) >= 11 is 0. The Morgan fingerprint density at radius 3 is 2.53 bits per heavy atom. The molecule has 1 fully saturated rings. The lowest BCUT2D eigenvalue weighted by molar-refractivity contribution is 0.132. The third kappa shape index (κ3) is 3.05. The maximum atomic E-state index is 3.13. The van der Waals surface area contributed by atoms with Gasteiger partial charge in [0.2, 0.25) is 0 Å². The van der Waals surface area contributed by atoms with Crippen LogP contribution in [-0.2, 0) is 6.54 Å². The monoisotopic (exact) mass is 203 g/mol. The van der Waals surface area contributed by atoms with Crippen molar-refractivity contribution in [3.63, 3.8) is 0 Å². The minimum atomic E-state index is 1.08. The zero-order chi connectivity index (χ0) is 10.5. The van der Waals surface area contributed by atoms with Gasteiger partial charge in [-0.15, -0.1) is 0 Å². The summed E-state index contributed by atoms with van der Waals surface area (Å²) in [7, 11) is 0. The van der Waals surface area contributed by atoms with Crippen molar-refractivity contribution in [1.29, 1.82) is 0 Å². The van der Waals surface area contributed by atoms with Crippen LogP contribution in [0.2, 0.25) is 0 Å². The Bertz CT molecular complexity index is 276. The molecule has 0 unspecified atom stereocenters. The number of benzene rings is 1. The molecule has 2 rings (SSSR count). The van der Waals surface area contributed by atoms with Crippen LogP contribution >= 0.6 is 0 Å². The molecule has 15 heavy (non-hydrogen) atoms. The lowest BCUT2D eigenvalue weighted by atomic mass is 10.2. The number of hydrogen-bond acceptors (Lipinski definition) is 2. The molecule has 1 aromatic rings. The second-order valence-electron chi connectivity index (χ2n) is 4.12. The lowest BCUT2D eigenvalue weighted by Crippen LogP contribution is -2.45. The fourth-order valence-corrected chi connectivity index (χ4v) is 2.05. The van der Waals surface area contributed by atoms with E-state index in [1.165, 1.54) is 38.3 Å². The van der Waals surface area contributed by atoms with Crippen molar-refractivity contribution in [2.45, 2.75) is 13.5 Å². The van der Waals surface area contributed by atoms with Gasteiger partial charge in [0, 0.05) is 32.7 Å². The van der Waals surface area contributed by atoms with Gasteiger partial charge in [0.15, 0.2) is 0 Å². The molecule has 0 spiro atoms. The van der Waals surface area contributed by atoms with Gasteiger partial charge in [-0.2, -0.15) is 0 Å². The maximum Gasteiger partial charge on any atom is 0.0235 e. The highest BCUT2D eigenvalue weighted by molar-refractivity contribution is 5.13. The molecule has 1 aliphatic rings. The summed E-state index contributed by atoms with van der Waals surface area (Å²) in [5.74, 6) is 0. The second kappa shape index (κ2) is 5.29. The maximum absolute atomic E-state index is 3.13. The summed E-state index contributed by atoms with van der Waals surface area (Å²) in [6.07, 6.45) is 0. The quantitative estimate of drug-likeness (QED) is 0.736. The average Bonchev–Trinajstić information content (AvgIpc) is 2.31. The highest BCUT2D eigenvalue weighted by Crippen LogP contribution is 2.07. The summed E-state index contributed by atoms with van der Waals surface area (Å²) < 4.78 is 0. The van der Waals surface area contributed by atoms with Crippen LogP contribution in [0.4, 0.5) is 0 Å². The van der Waals surface area contributed by atoms with Gasteiger partial charge in [-0.25, -0.2) is 0 Å². The third-order valence-electron chi connectivity index (χ3n) is 3.09. The fourth-order valence-electron chi connectivity index (χ4n) is 2.05. The van der Waals surface area contributed by atoms with E-state index in [1.807, 2.05) is 6.07 Å². The molecule has 1 radical (unpaired) electrons. The van der Waals surface area contributed by atoms with Crippen molar-refractivity contribution in [3.8, 4) is 0 Å². The molecular weight excluding hydrogens is 184 g/mol. The Balaban J connectivity index is 1.82. The highest BCUT2D eigenvalue weighted by Gasteiger charge is 2.14. The normalized spacial score (nSPS) is 19.3. The minimum absolute atomic E-state index is 1.08. The summed E-state index contributed by atoms with van der Waals surface area (Å²) in [5.41, 5.74) is 1.38. The van der Waals surface area contributed by atoms with E-state index in [0.29, 0.717) is 0 Å². The molecule has 2 heteroatoms. The first-order valence-corrected chi connectivity index (χ1v) is 5.78. The Kier molecular flexibility index (Phi) is 3.75. The van der Waals surface area contributed by atoms with Crippen LogP contribution in [0, 0.1) is 6.07 Å². The largest absolute Gasteiger partial charge is 0.301 e. The van der Waals surface area contributed by atoms with Crippen LogP contribution in [0.1, 0.15) is 12.5 Å². The molecular formula is C13H19N2. The van der Waals surface area contributed by atoms with Crippen molar-refractivity contribution < 1.29 is 0 Å². The van der Waals surface area contributed by atoms with E-state index in [1.54, 1.807) is 0 Å². The third-order valence-corrected chi connectivity index (χ3v) is 3.09. The first-order chi connectivity index (χ1) is 7.38. The molecule has 1 aromatic carbocycles. The molecule has 0 bridgehead atoms. The van der Waals surface area contributed by atoms with Gasteiger partial charge in [0.25, 0.3) is 0 Å². The molecule has 0 N–H and O–H groups in total. The van der Waals surface area contributed by atoms with Crippen LogP contribution in [0.25, 0.3) is 0 Å². The smallest absolute Gasteiger partial charge is 0.0235 e. The summed E-state index contributed by atoms with van der Waals surface area (Å²) in [6.45, 7) is 9.33. The van der Waals surface area contributed by atoms with Crippen molar-refractivity contribution in [2.24, 2.45) is 0 Å². The van der Waals surface area contributed by atoms with Crippen LogP contribution in [0.3, 0.4) is 0 Å². The lowest BCUT2D eigenvalue weighted by Gasteiger charge is -2.33. The molecule has 1 heterocycles. The summed E-state index contributed by atoms with van der Waals surface area (Å²) in [5, 5.41) is 0. The molecule has 0 atom stereocenters. The zero-order valence-electron chi connectivity index (χ0n) is 9.45. The van der Waals surface area contributed by atoms with Crippen molar-refractivity contribution in [1.82, 2.24) is 9.80 Å². The fraction of sp³-hybridized carbons (Fsp3) is 0.538. The molecule has 0 aromatic heterocycles. The molecule has 1 saturated heterocycles. The molecule has 81 valence electrons. The molecule has 2 nitrogen and oxygen atoms in total. The van der Waals surface area contributed by atoms with E-state index in [2.05, 4.69) is 41.0 Å². The van der Waals surface area contributed by atoms with Gasteiger partial charge >= 0.3 is 0 Å². The van der Waals surface area contributed by atoms with Crippen LogP contribution in [-0.4, -0.2) is 42.5 Å². The standard InChI is InChI=1S/C13H19N2/c1-2-14-8-10-15(11-9-14)12-13-6-4-3-5-7-13/h3-4,6-7H,2,8-12H2,1H3. The Morgan fingerprint density at radius 2 is 1.93 bits per heavy atom. The average molecular weight is 203 g/mol. The number of piperazine rings is 1. The summed E-state index contributed by atoms with van der Waals surface area (Å²) in [4.78, 5) is 5.03. The molecule has 0 aliphatic carbocycles. The first kappa shape index (κ1) is 10.7. The number of rotatable bonds is 3. The first-order valence-electron chi connectivity index (χ1n) is 5.78. The molecule has 0 amide bonds. The Morgan fingerprint density at radius 1 is 1.20 bits per heavy atom. The van der Waals surface area contributed by atoms with Gasteiger partial charge < -0.3 is 4.90 Å². The SMILES string of the molecule is CCN1CCN(Cc2c[c]ccc2)CC1. The van der Waals surface area contributed by atoms with E-state index in [9.17, 15) is 0 Å². The predicted octanol–water partition coefficient (Wildman–Crippen LogP) is 1.62. The Labute approximate surface area is 92.5 Å². The van der Waals surface area contributed by atoms with Gasteiger partial charge in [-0.1, -0.05) is 25.1 Å². The molecule has 1 aliphatic heterocycles. The van der Waals surface area contributed by atoms with E-state index >= 15 is 0 Å². The van der Waals surface area contributed by atoms with E-state index < -0.39 is 0 Å². The molecule has 0 saturated carbocycles. The van der Waals surface area contributed by atoms with Crippen molar-refractivity contribution in [3.05, 3.63) is 35.9 Å².